The number of hydrogen-bond acceptors (Lipinski definition) is 2. The first kappa shape index (κ1) is 16.5. The highest BCUT2D eigenvalue weighted by molar-refractivity contribution is 6.09. The van der Waals surface area contributed by atoms with E-state index in [1.807, 2.05) is 72.8 Å². The first-order valence-electron chi connectivity index (χ1n) is 7.96. The molecule has 0 radical (unpaired) electrons. The van der Waals surface area contributed by atoms with E-state index in [-0.39, 0.29) is 17.5 Å². The summed E-state index contributed by atoms with van der Waals surface area (Å²) in [6, 6.07) is 23.0. The molecule has 4 nitrogen and oxygen atoms in total. The third-order valence-corrected chi connectivity index (χ3v) is 3.67. The van der Waals surface area contributed by atoms with Crippen molar-refractivity contribution in [2.45, 2.75) is 6.92 Å². The summed E-state index contributed by atoms with van der Waals surface area (Å²) in [7, 11) is 0. The van der Waals surface area contributed by atoms with Crippen LogP contribution in [-0.2, 0) is 9.59 Å². The fourth-order valence-corrected chi connectivity index (χ4v) is 2.53. The molecule has 3 aromatic rings. The van der Waals surface area contributed by atoms with E-state index >= 15 is 0 Å². The van der Waals surface area contributed by atoms with Crippen LogP contribution in [0.15, 0.2) is 78.5 Å². The Morgan fingerprint density at radius 2 is 1.52 bits per heavy atom. The van der Waals surface area contributed by atoms with Gasteiger partial charge in [0.05, 0.1) is 0 Å². The van der Waals surface area contributed by atoms with Gasteiger partial charge in [-0.2, -0.15) is 0 Å². The Hall–Kier alpha value is -3.40. The molecule has 124 valence electrons. The lowest BCUT2D eigenvalue weighted by Gasteiger charge is -2.10. The summed E-state index contributed by atoms with van der Waals surface area (Å²) in [5.74, 6) is -0.662. The van der Waals surface area contributed by atoms with Crippen LogP contribution in [0.2, 0.25) is 0 Å². The minimum atomic E-state index is -0.366. The highest BCUT2D eigenvalue weighted by atomic mass is 16.2. The normalized spacial score (nSPS) is 11.2. The van der Waals surface area contributed by atoms with E-state index in [2.05, 4.69) is 10.6 Å². The zero-order chi connectivity index (χ0) is 17.6. The molecule has 2 amide bonds. The SMILES string of the molecule is CC(=O)NC(=Cc1ccccc1)C(=O)Nc1ccc2ccccc2c1. The Balaban J connectivity index is 1.86. The van der Waals surface area contributed by atoms with Crippen LogP contribution in [0.1, 0.15) is 12.5 Å². The number of carbonyl (C=O) groups is 2. The minimum Gasteiger partial charge on any atom is -0.322 e. The minimum absolute atomic E-state index is 0.201. The lowest BCUT2D eigenvalue weighted by molar-refractivity contribution is -0.120. The van der Waals surface area contributed by atoms with Crippen LogP contribution < -0.4 is 10.6 Å². The number of anilines is 1. The van der Waals surface area contributed by atoms with Crippen molar-refractivity contribution in [3.63, 3.8) is 0 Å². The maximum absolute atomic E-state index is 12.6. The number of rotatable bonds is 4. The van der Waals surface area contributed by atoms with Crippen LogP contribution in [0, 0.1) is 0 Å². The van der Waals surface area contributed by atoms with E-state index < -0.39 is 0 Å². The third kappa shape index (κ3) is 4.32. The maximum Gasteiger partial charge on any atom is 0.272 e. The van der Waals surface area contributed by atoms with E-state index in [0.717, 1.165) is 16.3 Å². The van der Waals surface area contributed by atoms with Crippen molar-refractivity contribution in [2.24, 2.45) is 0 Å². The van der Waals surface area contributed by atoms with E-state index in [4.69, 9.17) is 0 Å². The van der Waals surface area contributed by atoms with E-state index in [9.17, 15) is 9.59 Å². The van der Waals surface area contributed by atoms with Crippen molar-refractivity contribution in [3.8, 4) is 0 Å². The van der Waals surface area contributed by atoms with Crippen LogP contribution in [-0.4, -0.2) is 11.8 Å². The summed E-state index contributed by atoms with van der Waals surface area (Å²) in [5.41, 5.74) is 1.71. The van der Waals surface area contributed by atoms with Crippen LogP contribution in [0.3, 0.4) is 0 Å². The Kier molecular flexibility index (Phi) is 4.90. The lowest BCUT2D eigenvalue weighted by atomic mass is 10.1. The second-order valence-electron chi connectivity index (χ2n) is 5.67. The smallest absolute Gasteiger partial charge is 0.272 e. The van der Waals surface area contributed by atoms with Gasteiger partial charge in [0.2, 0.25) is 5.91 Å². The topological polar surface area (TPSA) is 58.2 Å². The maximum atomic E-state index is 12.6. The largest absolute Gasteiger partial charge is 0.322 e. The molecule has 0 unspecified atom stereocenters. The van der Waals surface area contributed by atoms with Gasteiger partial charge in [0.25, 0.3) is 5.91 Å². The van der Waals surface area contributed by atoms with Crippen LogP contribution in [0.5, 0.6) is 0 Å². The Labute approximate surface area is 146 Å². The first-order chi connectivity index (χ1) is 12.1. The van der Waals surface area contributed by atoms with Crippen molar-refractivity contribution in [3.05, 3.63) is 84.1 Å². The first-order valence-corrected chi connectivity index (χ1v) is 7.96. The molecule has 0 aliphatic heterocycles. The predicted molar refractivity (Wildman–Crippen MR) is 101 cm³/mol. The van der Waals surface area contributed by atoms with E-state index in [0.29, 0.717) is 5.69 Å². The molecule has 0 saturated heterocycles. The van der Waals surface area contributed by atoms with E-state index in [1.54, 1.807) is 6.08 Å². The zero-order valence-electron chi connectivity index (χ0n) is 13.8. The van der Waals surface area contributed by atoms with Gasteiger partial charge in [-0.1, -0.05) is 60.7 Å². The van der Waals surface area contributed by atoms with Crippen molar-refractivity contribution < 1.29 is 9.59 Å². The van der Waals surface area contributed by atoms with Gasteiger partial charge < -0.3 is 10.6 Å². The van der Waals surface area contributed by atoms with Crippen LogP contribution in [0.4, 0.5) is 5.69 Å². The molecule has 3 aromatic carbocycles. The molecule has 4 heteroatoms. The molecule has 0 aromatic heterocycles. The summed E-state index contributed by atoms with van der Waals surface area (Å²) in [6.07, 6.45) is 1.65. The highest BCUT2D eigenvalue weighted by Crippen LogP contribution is 2.19. The molecule has 0 aliphatic carbocycles. The van der Waals surface area contributed by atoms with Gasteiger partial charge >= 0.3 is 0 Å². The van der Waals surface area contributed by atoms with Crippen molar-refractivity contribution in [1.29, 1.82) is 0 Å². The Morgan fingerprint density at radius 1 is 0.840 bits per heavy atom. The Bertz CT molecular complexity index is 946. The van der Waals surface area contributed by atoms with Gasteiger partial charge in [-0.25, -0.2) is 0 Å². The van der Waals surface area contributed by atoms with Crippen molar-refractivity contribution in [2.75, 3.05) is 5.32 Å². The average molecular weight is 330 g/mol. The predicted octanol–water partition coefficient (Wildman–Crippen LogP) is 3.96. The quantitative estimate of drug-likeness (QED) is 0.712. The number of benzene rings is 3. The molecular weight excluding hydrogens is 312 g/mol. The van der Waals surface area contributed by atoms with Crippen molar-refractivity contribution in [1.82, 2.24) is 5.32 Å². The van der Waals surface area contributed by atoms with Gasteiger partial charge in [0, 0.05) is 12.6 Å². The molecule has 0 spiro atoms. The fraction of sp³-hybridized carbons (Fsp3) is 0.0476. The molecule has 2 N–H and O–H groups in total. The molecule has 0 bridgehead atoms. The number of nitrogens with one attached hydrogen (secondary N) is 2. The molecule has 25 heavy (non-hydrogen) atoms. The van der Waals surface area contributed by atoms with Crippen LogP contribution in [0.25, 0.3) is 16.8 Å². The van der Waals surface area contributed by atoms with Gasteiger partial charge in [0.1, 0.15) is 5.70 Å². The zero-order valence-corrected chi connectivity index (χ0v) is 13.8. The molecule has 0 saturated carbocycles. The molecule has 0 heterocycles. The van der Waals surface area contributed by atoms with Gasteiger partial charge in [-0.3, -0.25) is 9.59 Å². The number of hydrogen-bond donors (Lipinski definition) is 2. The summed E-state index contributed by atoms with van der Waals surface area (Å²) in [4.78, 5) is 24.0. The van der Waals surface area contributed by atoms with Crippen LogP contribution >= 0.6 is 0 Å². The second kappa shape index (κ2) is 7.45. The summed E-state index contributed by atoms with van der Waals surface area (Å²) in [6.45, 7) is 1.38. The number of fused-ring (bicyclic) bond motifs is 1. The highest BCUT2D eigenvalue weighted by Gasteiger charge is 2.12. The molecule has 0 atom stereocenters. The number of amides is 2. The number of carbonyl (C=O) groups excluding carboxylic acids is 2. The monoisotopic (exact) mass is 330 g/mol. The fourth-order valence-electron chi connectivity index (χ4n) is 2.53. The van der Waals surface area contributed by atoms with E-state index in [1.165, 1.54) is 6.92 Å². The molecule has 0 aliphatic rings. The van der Waals surface area contributed by atoms with Gasteiger partial charge in [-0.15, -0.1) is 0 Å². The summed E-state index contributed by atoms with van der Waals surface area (Å²) < 4.78 is 0. The molecule has 0 fully saturated rings. The summed E-state index contributed by atoms with van der Waals surface area (Å²) in [5, 5.41) is 7.57. The lowest BCUT2D eigenvalue weighted by Crippen LogP contribution is -2.28. The standard InChI is InChI=1S/C21H18N2O2/c1-15(24)22-20(13-16-7-3-2-4-8-16)21(25)23-19-12-11-17-9-5-6-10-18(17)14-19/h2-14H,1H3,(H,22,24)(H,23,25). The Morgan fingerprint density at radius 3 is 2.24 bits per heavy atom. The molecular formula is C21H18N2O2. The third-order valence-electron chi connectivity index (χ3n) is 3.67. The second-order valence-corrected chi connectivity index (χ2v) is 5.67. The van der Waals surface area contributed by atoms with Gasteiger partial charge in [-0.05, 0) is 34.5 Å². The van der Waals surface area contributed by atoms with Gasteiger partial charge in [0.15, 0.2) is 0 Å². The molecule has 3 rings (SSSR count). The van der Waals surface area contributed by atoms with Crippen molar-refractivity contribution >= 4 is 34.4 Å². The average Bonchev–Trinajstić information content (AvgIpc) is 2.61. The summed E-state index contributed by atoms with van der Waals surface area (Å²) >= 11 is 0.